The lowest BCUT2D eigenvalue weighted by Gasteiger charge is -2.26. The Hall–Kier alpha value is -2.70. The van der Waals surface area contributed by atoms with Gasteiger partial charge in [-0.15, -0.1) is 6.58 Å². The molecular weight excluding hydrogens is 334 g/mol. The molecule has 1 N–H and O–H groups in total. The van der Waals surface area contributed by atoms with Gasteiger partial charge in [0.1, 0.15) is 5.60 Å². The predicted molar refractivity (Wildman–Crippen MR) is 97.1 cm³/mol. The zero-order valence-electron chi connectivity index (χ0n) is 15.6. The van der Waals surface area contributed by atoms with Crippen LogP contribution in [0.25, 0.3) is 5.57 Å². The van der Waals surface area contributed by atoms with Crippen LogP contribution in [-0.2, 0) is 14.3 Å². The number of nitrogens with zero attached hydrogens (tertiary/aromatic N) is 2. The highest BCUT2D eigenvalue weighted by Crippen LogP contribution is 2.35. The van der Waals surface area contributed by atoms with Crippen LogP contribution in [-0.4, -0.2) is 34.7 Å². The number of esters is 1. The van der Waals surface area contributed by atoms with Gasteiger partial charge in [0.15, 0.2) is 0 Å². The van der Waals surface area contributed by atoms with Gasteiger partial charge in [-0.05, 0) is 32.8 Å². The summed E-state index contributed by atoms with van der Waals surface area (Å²) in [6.45, 7) is 9.27. The van der Waals surface area contributed by atoms with E-state index in [1.54, 1.807) is 39.2 Å². The van der Waals surface area contributed by atoms with Gasteiger partial charge in [-0.1, -0.05) is 12.2 Å². The second-order valence-corrected chi connectivity index (χ2v) is 7.03. The number of carbonyl (C=O) groups excluding carboxylic acids is 2. The van der Waals surface area contributed by atoms with Crippen molar-refractivity contribution in [3.63, 3.8) is 0 Å². The Labute approximate surface area is 153 Å². The van der Waals surface area contributed by atoms with Gasteiger partial charge in [0.25, 0.3) is 0 Å². The highest BCUT2D eigenvalue weighted by Gasteiger charge is 2.32. The Morgan fingerprint density at radius 3 is 2.65 bits per heavy atom. The minimum Gasteiger partial charge on any atom is -0.469 e. The zero-order valence-corrected chi connectivity index (χ0v) is 15.6. The first-order valence-corrected chi connectivity index (χ1v) is 8.44. The second-order valence-electron chi connectivity index (χ2n) is 7.03. The summed E-state index contributed by atoms with van der Waals surface area (Å²) in [6, 6.07) is -0.461. The van der Waals surface area contributed by atoms with Gasteiger partial charge >= 0.3 is 12.1 Å². The number of nitrogens with one attached hydrogen (secondary N) is 1. The average Bonchev–Trinajstić information content (AvgIpc) is 2.71. The van der Waals surface area contributed by atoms with Crippen molar-refractivity contribution in [2.75, 3.05) is 7.11 Å². The minimum absolute atomic E-state index is 0.0885. The third kappa shape index (κ3) is 4.91. The lowest BCUT2D eigenvalue weighted by Crippen LogP contribution is -2.38. The standard InChI is InChI=1S/C19H25N3O4/c1-6-12-7-8-13(11-14(23)25-5)15-17(21-10-9-20-15)16(12)22-18(24)26-19(2,3)4/h6,8-10,12,16H,1,7,11H2,2-5H3,(H,22,24). The van der Waals surface area contributed by atoms with Crippen LogP contribution in [0.5, 0.6) is 0 Å². The van der Waals surface area contributed by atoms with E-state index in [9.17, 15) is 9.59 Å². The molecule has 0 aromatic carbocycles. The van der Waals surface area contributed by atoms with E-state index in [0.29, 0.717) is 17.8 Å². The number of methoxy groups -OCH3 is 1. The van der Waals surface area contributed by atoms with Gasteiger partial charge in [-0.3, -0.25) is 14.8 Å². The van der Waals surface area contributed by atoms with Crippen molar-refractivity contribution in [3.05, 3.63) is 42.5 Å². The molecule has 0 saturated heterocycles. The van der Waals surface area contributed by atoms with E-state index in [1.807, 2.05) is 6.08 Å². The normalized spacial score (nSPS) is 19.5. The number of rotatable bonds is 4. The van der Waals surface area contributed by atoms with Gasteiger partial charge in [-0.2, -0.15) is 0 Å². The summed E-state index contributed by atoms with van der Waals surface area (Å²) < 4.78 is 10.1. The van der Waals surface area contributed by atoms with E-state index in [0.717, 1.165) is 5.57 Å². The fraction of sp³-hybridized carbons (Fsp3) is 0.474. The SMILES string of the molecule is C=CC1CC=C(CC(=O)OC)c2nccnc2C1NC(=O)OC(C)(C)C. The van der Waals surface area contributed by atoms with Crippen LogP contribution in [0.1, 0.15) is 51.0 Å². The van der Waals surface area contributed by atoms with Crippen molar-refractivity contribution < 1.29 is 19.1 Å². The lowest BCUT2D eigenvalue weighted by molar-refractivity contribution is -0.139. The van der Waals surface area contributed by atoms with E-state index < -0.39 is 17.7 Å². The summed E-state index contributed by atoms with van der Waals surface area (Å²) in [5.74, 6) is -0.477. The zero-order chi connectivity index (χ0) is 19.3. The Kier molecular flexibility index (Phi) is 6.13. The molecule has 1 aliphatic rings. The first-order chi connectivity index (χ1) is 12.2. The van der Waals surface area contributed by atoms with Crippen molar-refractivity contribution in [3.8, 4) is 0 Å². The van der Waals surface area contributed by atoms with Crippen molar-refractivity contribution in [1.29, 1.82) is 0 Å². The van der Waals surface area contributed by atoms with Gasteiger partial charge in [-0.25, -0.2) is 4.79 Å². The van der Waals surface area contributed by atoms with Crippen molar-refractivity contribution in [2.45, 2.75) is 45.3 Å². The highest BCUT2D eigenvalue weighted by atomic mass is 16.6. The summed E-state index contributed by atoms with van der Waals surface area (Å²) in [5, 5.41) is 2.88. The number of ether oxygens (including phenoxy) is 2. The topological polar surface area (TPSA) is 90.4 Å². The fourth-order valence-electron chi connectivity index (χ4n) is 2.76. The number of aromatic nitrogens is 2. The molecule has 0 bridgehead atoms. The van der Waals surface area contributed by atoms with Crippen LogP contribution in [0.3, 0.4) is 0 Å². The van der Waals surface area contributed by atoms with Gasteiger partial charge < -0.3 is 14.8 Å². The monoisotopic (exact) mass is 359 g/mol. The molecule has 2 rings (SSSR count). The summed E-state index contributed by atoms with van der Waals surface area (Å²) in [6.07, 6.45) is 6.93. The second kappa shape index (κ2) is 8.12. The molecule has 0 spiro atoms. The predicted octanol–water partition coefficient (Wildman–Crippen LogP) is 3.19. The molecule has 1 heterocycles. The number of alkyl carbamates (subject to hydrolysis) is 1. The number of allylic oxidation sites excluding steroid dienone is 1. The first kappa shape index (κ1) is 19.6. The molecule has 140 valence electrons. The quantitative estimate of drug-likeness (QED) is 0.656. The molecule has 0 aliphatic heterocycles. The van der Waals surface area contributed by atoms with Crippen LogP contribution in [0.2, 0.25) is 0 Å². The molecule has 1 aliphatic carbocycles. The Bertz CT molecular complexity index is 722. The van der Waals surface area contributed by atoms with E-state index in [1.165, 1.54) is 7.11 Å². The van der Waals surface area contributed by atoms with E-state index >= 15 is 0 Å². The molecule has 0 saturated carbocycles. The Morgan fingerprint density at radius 2 is 2.04 bits per heavy atom. The summed E-state index contributed by atoms with van der Waals surface area (Å²) in [7, 11) is 1.34. The Balaban J connectivity index is 2.38. The van der Waals surface area contributed by atoms with Gasteiger partial charge in [0.2, 0.25) is 0 Å². The number of amides is 1. The van der Waals surface area contributed by atoms with E-state index in [4.69, 9.17) is 9.47 Å². The largest absolute Gasteiger partial charge is 0.469 e. The maximum atomic E-state index is 12.3. The maximum absolute atomic E-state index is 12.3. The molecule has 2 unspecified atom stereocenters. The first-order valence-electron chi connectivity index (χ1n) is 8.44. The van der Waals surface area contributed by atoms with Gasteiger partial charge in [0, 0.05) is 18.3 Å². The molecule has 7 nitrogen and oxygen atoms in total. The molecule has 1 amide bonds. The number of hydrogen-bond acceptors (Lipinski definition) is 6. The lowest BCUT2D eigenvalue weighted by atomic mass is 9.94. The highest BCUT2D eigenvalue weighted by molar-refractivity contribution is 5.85. The van der Waals surface area contributed by atoms with Crippen molar-refractivity contribution >= 4 is 17.6 Å². The maximum Gasteiger partial charge on any atom is 0.408 e. The van der Waals surface area contributed by atoms with Crippen LogP contribution in [0.4, 0.5) is 4.79 Å². The van der Waals surface area contributed by atoms with Crippen LogP contribution < -0.4 is 5.32 Å². The summed E-state index contributed by atoms with van der Waals surface area (Å²) in [4.78, 5) is 32.9. The number of fused-ring (bicyclic) bond motifs is 1. The Morgan fingerprint density at radius 1 is 1.35 bits per heavy atom. The number of hydrogen-bond donors (Lipinski definition) is 1. The third-order valence-electron chi connectivity index (χ3n) is 3.93. The van der Waals surface area contributed by atoms with Crippen molar-refractivity contribution in [1.82, 2.24) is 15.3 Å². The van der Waals surface area contributed by atoms with Crippen LogP contribution in [0, 0.1) is 5.92 Å². The molecule has 0 fully saturated rings. The molecule has 26 heavy (non-hydrogen) atoms. The van der Waals surface area contributed by atoms with Crippen molar-refractivity contribution in [2.24, 2.45) is 5.92 Å². The summed E-state index contributed by atoms with van der Waals surface area (Å²) >= 11 is 0. The molecule has 2 atom stereocenters. The average molecular weight is 359 g/mol. The number of carbonyl (C=O) groups is 2. The molecule has 0 radical (unpaired) electrons. The van der Waals surface area contributed by atoms with Gasteiger partial charge in [0.05, 0.1) is 31.0 Å². The van der Waals surface area contributed by atoms with E-state index in [-0.39, 0.29) is 18.3 Å². The molecule has 1 aromatic rings. The van der Waals surface area contributed by atoms with E-state index in [2.05, 4.69) is 21.9 Å². The minimum atomic E-state index is -0.613. The summed E-state index contributed by atoms with van der Waals surface area (Å²) in [5.41, 5.74) is 1.26. The van der Waals surface area contributed by atoms with Crippen LogP contribution >= 0.6 is 0 Å². The molecule has 7 heteroatoms. The molecular formula is C19H25N3O4. The van der Waals surface area contributed by atoms with Crippen LogP contribution in [0.15, 0.2) is 31.1 Å². The third-order valence-corrected chi connectivity index (χ3v) is 3.93. The molecule has 1 aromatic heterocycles. The fourth-order valence-corrected chi connectivity index (χ4v) is 2.76. The smallest absolute Gasteiger partial charge is 0.408 e.